The van der Waals surface area contributed by atoms with E-state index in [2.05, 4.69) is 4.98 Å². The van der Waals surface area contributed by atoms with Gasteiger partial charge in [-0.1, -0.05) is 6.07 Å². The Balaban J connectivity index is 2.65. The van der Waals surface area contributed by atoms with Crippen molar-refractivity contribution in [2.24, 2.45) is 0 Å². The van der Waals surface area contributed by atoms with E-state index < -0.39 is 11.7 Å². The fourth-order valence-corrected chi connectivity index (χ4v) is 1.90. The topological polar surface area (TPSA) is 54.7 Å². The Morgan fingerprint density at radius 1 is 1.28 bits per heavy atom. The van der Waals surface area contributed by atoms with Gasteiger partial charge in [-0.15, -0.1) is 0 Å². The van der Waals surface area contributed by atoms with Crippen LogP contribution in [0.15, 0.2) is 18.3 Å². The van der Waals surface area contributed by atoms with Gasteiger partial charge >= 0.3 is 0 Å². The molecule has 0 aromatic carbocycles. The zero-order chi connectivity index (χ0) is 13.4. The van der Waals surface area contributed by atoms with E-state index in [0.717, 1.165) is 5.56 Å². The van der Waals surface area contributed by atoms with Crippen LogP contribution in [0.3, 0.4) is 0 Å². The Morgan fingerprint density at radius 3 is 2.56 bits per heavy atom. The highest BCUT2D eigenvalue weighted by atomic mass is 16.2. The molecule has 2 rings (SSSR count). The van der Waals surface area contributed by atoms with E-state index in [1.165, 1.54) is 4.90 Å². The van der Waals surface area contributed by atoms with Gasteiger partial charge in [0.25, 0.3) is 11.7 Å². The van der Waals surface area contributed by atoms with Gasteiger partial charge in [-0.05, 0) is 25.5 Å². The van der Waals surface area contributed by atoms with Crippen molar-refractivity contribution < 1.29 is 9.59 Å². The number of hydrogen-bond donors (Lipinski definition) is 0. The number of ketones is 1. The molecule has 0 radical (unpaired) electrons. The van der Waals surface area contributed by atoms with Gasteiger partial charge in [0.05, 0.1) is 5.69 Å². The number of fused-ring (bicyclic) bond motifs is 1. The van der Waals surface area contributed by atoms with Crippen LogP contribution in [-0.2, 0) is 4.79 Å². The van der Waals surface area contributed by atoms with Gasteiger partial charge in [-0.25, -0.2) is 4.98 Å². The molecule has 1 amide bonds. The molecule has 94 valence electrons. The van der Waals surface area contributed by atoms with E-state index in [-0.39, 0.29) is 0 Å². The number of aryl methyl sites for hydroxylation is 2. The van der Waals surface area contributed by atoms with Crippen molar-refractivity contribution in [3.05, 3.63) is 35.3 Å². The Kier molecular flexibility index (Phi) is 2.90. The molecule has 5 heteroatoms. The molecule has 0 aliphatic heterocycles. The molecule has 0 saturated heterocycles. The third kappa shape index (κ3) is 1.77. The highest BCUT2D eigenvalue weighted by Gasteiger charge is 2.24. The van der Waals surface area contributed by atoms with Crippen LogP contribution in [0.2, 0.25) is 0 Å². The molecular formula is C13H15N3O2. The minimum atomic E-state index is -0.540. The lowest BCUT2D eigenvalue weighted by Gasteiger charge is -2.09. The number of aromatic nitrogens is 2. The molecule has 2 aromatic heterocycles. The fourth-order valence-electron chi connectivity index (χ4n) is 1.90. The number of imidazole rings is 1. The van der Waals surface area contributed by atoms with Crippen molar-refractivity contribution in [1.82, 2.24) is 14.3 Å². The molecular weight excluding hydrogens is 230 g/mol. The van der Waals surface area contributed by atoms with Crippen LogP contribution in [0.5, 0.6) is 0 Å². The first-order valence-corrected chi connectivity index (χ1v) is 5.63. The number of Topliss-reactive ketones (excluding diaryl/α,β-unsaturated/α-hetero) is 1. The van der Waals surface area contributed by atoms with Gasteiger partial charge in [0.15, 0.2) is 0 Å². The Morgan fingerprint density at radius 2 is 1.94 bits per heavy atom. The first kappa shape index (κ1) is 12.3. The largest absolute Gasteiger partial charge is 0.342 e. The number of carbonyl (C=O) groups excluding carboxylic acids is 2. The van der Waals surface area contributed by atoms with Crippen molar-refractivity contribution in [1.29, 1.82) is 0 Å². The van der Waals surface area contributed by atoms with Crippen LogP contribution in [0, 0.1) is 13.8 Å². The zero-order valence-electron chi connectivity index (χ0n) is 10.9. The molecule has 0 fully saturated rings. The molecule has 0 spiro atoms. The second-order valence-electron chi connectivity index (χ2n) is 4.46. The third-order valence-electron chi connectivity index (χ3n) is 2.83. The van der Waals surface area contributed by atoms with Gasteiger partial charge in [-0.3, -0.25) is 14.0 Å². The van der Waals surface area contributed by atoms with E-state index in [4.69, 9.17) is 0 Å². The molecule has 0 bridgehead atoms. The van der Waals surface area contributed by atoms with Crippen molar-refractivity contribution in [2.75, 3.05) is 14.1 Å². The monoisotopic (exact) mass is 245 g/mol. The minimum absolute atomic E-state index is 0.340. The molecule has 0 saturated carbocycles. The average molecular weight is 245 g/mol. The fraction of sp³-hybridized carbons (Fsp3) is 0.308. The lowest BCUT2D eigenvalue weighted by molar-refractivity contribution is -0.124. The van der Waals surface area contributed by atoms with E-state index in [9.17, 15) is 9.59 Å². The summed E-state index contributed by atoms with van der Waals surface area (Å²) in [5.41, 5.74) is 2.60. The molecule has 5 nitrogen and oxygen atoms in total. The number of carbonyl (C=O) groups is 2. The lowest BCUT2D eigenvalue weighted by atomic mass is 10.2. The Hall–Kier alpha value is -2.17. The van der Waals surface area contributed by atoms with E-state index >= 15 is 0 Å². The van der Waals surface area contributed by atoms with Gasteiger partial charge in [0.1, 0.15) is 11.3 Å². The molecule has 0 aliphatic rings. The average Bonchev–Trinajstić information content (AvgIpc) is 2.65. The maximum Gasteiger partial charge on any atom is 0.296 e. The van der Waals surface area contributed by atoms with Gasteiger partial charge in [0, 0.05) is 20.3 Å². The lowest BCUT2D eigenvalue weighted by Crippen LogP contribution is -2.31. The number of pyridine rings is 1. The summed E-state index contributed by atoms with van der Waals surface area (Å²) in [5, 5.41) is 0. The maximum absolute atomic E-state index is 12.1. The second-order valence-corrected chi connectivity index (χ2v) is 4.46. The summed E-state index contributed by atoms with van der Waals surface area (Å²) in [4.78, 5) is 29.5. The summed E-state index contributed by atoms with van der Waals surface area (Å²) in [6.07, 6.45) is 1.75. The predicted molar refractivity (Wildman–Crippen MR) is 67.7 cm³/mol. The molecule has 2 aromatic rings. The van der Waals surface area contributed by atoms with Crippen molar-refractivity contribution in [2.45, 2.75) is 13.8 Å². The first-order valence-electron chi connectivity index (χ1n) is 5.63. The van der Waals surface area contributed by atoms with Crippen LogP contribution in [0.4, 0.5) is 0 Å². The normalized spacial score (nSPS) is 10.7. The summed E-state index contributed by atoms with van der Waals surface area (Å²) < 4.78 is 1.67. The van der Waals surface area contributed by atoms with Crippen LogP contribution in [0.25, 0.3) is 5.65 Å². The Labute approximate surface area is 105 Å². The second kappa shape index (κ2) is 4.25. The maximum atomic E-state index is 12.1. The van der Waals surface area contributed by atoms with Gasteiger partial charge < -0.3 is 4.90 Å². The van der Waals surface area contributed by atoms with Crippen LogP contribution >= 0.6 is 0 Å². The zero-order valence-corrected chi connectivity index (χ0v) is 10.9. The van der Waals surface area contributed by atoms with Crippen LogP contribution in [-0.4, -0.2) is 40.1 Å². The summed E-state index contributed by atoms with van der Waals surface area (Å²) in [5.74, 6) is -1.07. The van der Waals surface area contributed by atoms with E-state index in [0.29, 0.717) is 17.0 Å². The third-order valence-corrected chi connectivity index (χ3v) is 2.83. The summed E-state index contributed by atoms with van der Waals surface area (Å²) >= 11 is 0. The molecule has 0 N–H and O–H groups in total. The van der Waals surface area contributed by atoms with Crippen molar-refractivity contribution >= 4 is 17.3 Å². The molecule has 0 unspecified atom stereocenters. The van der Waals surface area contributed by atoms with Crippen molar-refractivity contribution in [3.63, 3.8) is 0 Å². The highest BCUT2D eigenvalue weighted by molar-refractivity contribution is 6.42. The van der Waals surface area contributed by atoms with Crippen molar-refractivity contribution in [3.8, 4) is 0 Å². The van der Waals surface area contributed by atoms with E-state index in [1.54, 1.807) is 31.6 Å². The first-order chi connectivity index (χ1) is 8.43. The summed E-state index contributed by atoms with van der Waals surface area (Å²) in [6, 6.07) is 3.75. The summed E-state index contributed by atoms with van der Waals surface area (Å²) in [7, 11) is 3.12. The molecule has 0 atom stereocenters. The highest BCUT2D eigenvalue weighted by Crippen LogP contribution is 2.16. The van der Waals surface area contributed by atoms with Gasteiger partial charge in [-0.2, -0.15) is 0 Å². The number of amides is 1. The van der Waals surface area contributed by atoms with E-state index in [1.807, 2.05) is 19.1 Å². The number of nitrogens with zero attached hydrogens (tertiary/aromatic N) is 3. The number of likely N-dealkylation sites (N-methyl/N-ethyl adjacent to an activating group) is 1. The molecule has 2 heterocycles. The quantitative estimate of drug-likeness (QED) is 0.590. The number of hydrogen-bond acceptors (Lipinski definition) is 3. The van der Waals surface area contributed by atoms with Crippen LogP contribution < -0.4 is 0 Å². The molecule has 0 aliphatic carbocycles. The number of rotatable bonds is 2. The smallest absolute Gasteiger partial charge is 0.296 e. The standard InChI is InChI=1S/C13H15N3O2/c1-8-6-5-7-16-10(9(2)14-12(8)16)11(17)13(18)15(3)4/h5-7H,1-4H3. The Bertz CT molecular complexity index is 641. The predicted octanol–water partition coefficient (Wildman–Crippen LogP) is 1.22. The molecule has 18 heavy (non-hydrogen) atoms. The van der Waals surface area contributed by atoms with Gasteiger partial charge in [0.2, 0.25) is 0 Å². The summed E-state index contributed by atoms with van der Waals surface area (Å²) in [6.45, 7) is 3.66. The SMILES string of the molecule is Cc1nc2c(C)cccn2c1C(=O)C(=O)N(C)C. The minimum Gasteiger partial charge on any atom is -0.342 e. The van der Waals surface area contributed by atoms with Crippen LogP contribution in [0.1, 0.15) is 21.7 Å².